The molecule has 1 aromatic heterocycles. The molecular weight excluding hydrogens is 382 g/mol. The molecule has 3 aliphatic rings. The highest BCUT2D eigenvalue weighted by molar-refractivity contribution is 6.30. The SMILES string of the molecule is C[C@H]1CN(C(=O)CCC2(C3CC3)NC(O)NC2=O)CCN1c1cc(Cl)ccn1. The van der Waals surface area contributed by atoms with Crippen LogP contribution in [0, 0.1) is 5.92 Å². The smallest absolute Gasteiger partial charge is 0.243 e. The third-order valence-electron chi connectivity index (χ3n) is 6.06. The van der Waals surface area contributed by atoms with Crippen LogP contribution < -0.4 is 15.5 Å². The molecule has 3 fully saturated rings. The minimum absolute atomic E-state index is 0.0431. The van der Waals surface area contributed by atoms with Crippen LogP contribution in [0.1, 0.15) is 32.6 Å². The average Bonchev–Trinajstić information content (AvgIpc) is 3.46. The van der Waals surface area contributed by atoms with Crippen molar-refractivity contribution in [1.29, 1.82) is 0 Å². The Labute approximate surface area is 169 Å². The zero-order valence-electron chi connectivity index (χ0n) is 15.9. The van der Waals surface area contributed by atoms with Crippen LogP contribution in [0.4, 0.5) is 5.82 Å². The molecule has 0 aromatic carbocycles. The number of amides is 2. The second-order valence-electron chi connectivity index (χ2n) is 7.98. The van der Waals surface area contributed by atoms with E-state index in [0.29, 0.717) is 31.1 Å². The number of nitrogens with zero attached hydrogens (tertiary/aromatic N) is 3. The highest BCUT2D eigenvalue weighted by atomic mass is 35.5. The lowest BCUT2D eigenvalue weighted by Gasteiger charge is -2.41. The van der Waals surface area contributed by atoms with Gasteiger partial charge >= 0.3 is 0 Å². The van der Waals surface area contributed by atoms with Crippen molar-refractivity contribution < 1.29 is 14.7 Å². The number of rotatable bonds is 5. The Kier molecular flexibility index (Phi) is 5.20. The molecule has 4 rings (SSSR count). The van der Waals surface area contributed by atoms with Crippen LogP contribution in [0.3, 0.4) is 0 Å². The Morgan fingerprint density at radius 2 is 2.21 bits per heavy atom. The normalized spacial score (nSPS) is 30.5. The summed E-state index contributed by atoms with van der Waals surface area (Å²) >= 11 is 6.07. The lowest BCUT2D eigenvalue weighted by Crippen LogP contribution is -2.55. The third kappa shape index (κ3) is 3.68. The van der Waals surface area contributed by atoms with Crippen molar-refractivity contribution in [2.45, 2.75) is 50.5 Å². The number of pyridine rings is 1. The van der Waals surface area contributed by atoms with Crippen LogP contribution in [-0.4, -0.2) is 64.4 Å². The van der Waals surface area contributed by atoms with Crippen molar-refractivity contribution >= 4 is 29.2 Å². The molecule has 152 valence electrons. The topological polar surface area (TPSA) is 97.8 Å². The van der Waals surface area contributed by atoms with Crippen molar-refractivity contribution in [3.63, 3.8) is 0 Å². The molecule has 2 unspecified atom stereocenters. The molecule has 3 heterocycles. The van der Waals surface area contributed by atoms with Gasteiger partial charge in [-0.25, -0.2) is 4.98 Å². The van der Waals surface area contributed by atoms with E-state index in [2.05, 4.69) is 27.4 Å². The second-order valence-corrected chi connectivity index (χ2v) is 8.42. The summed E-state index contributed by atoms with van der Waals surface area (Å²) in [4.78, 5) is 33.6. The summed E-state index contributed by atoms with van der Waals surface area (Å²) < 4.78 is 0. The molecule has 3 N–H and O–H groups in total. The minimum Gasteiger partial charge on any atom is -0.361 e. The fraction of sp³-hybridized carbons (Fsp3) is 0.632. The number of aromatic nitrogens is 1. The second kappa shape index (κ2) is 7.50. The first-order chi connectivity index (χ1) is 13.4. The van der Waals surface area contributed by atoms with Crippen LogP contribution in [0.5, 0.6) is 0 Å². The maximum absolute atomic E-state index is 12.8. The van der Waals surface area contributed by atoms with Gasteiger partial charge in [0.25, 0.3) is 0 Å². The highest BCUT2D eigenvalue weighted by Crippen LogP contribution is 2.44. The molecule has 9 heteroatoms. The van der Waals surface area contributed by atoms with Gasteiger partial charge in [0.15, 0.2) is 6.35 Å². The van der Waals surface area contributed by atoms with Gasteiger partial charge in [0.2, 0.25) is 11.8 Å². The molecule has 2 aliphatic heterocycles. The predicted molar refractivity (Wildman–Crippen MR) is 105 cm³/mol. The van der Waals surface area contributed by atoms with E-state index < -0.39 is 11.9 Å². The Bertz CT molecular complexity index is 774. The zero-order chi connectivity index (χ0) is 19.9. The largest absolute Gasteiger partial charge is 0.361 e. The van der Waals surface area contributed by atoms with E-state index in [-0.39, 0.29) is 30.2 Å². The van der Waals surface area contributed by atoms with Gasteiger partial charge in [0, 0.05) is 43.3 Å². The van der Waals surface area contributed by atoms with Gasteiger partial charge in [0.1, 0.15) is 11.4 Å². The summed E-state index contributed by atoms with van der Waals surface area (Å²) in [6.45, 7) is 3.96. The molecule has 1 aliphatic carbocycles. The Balaban J connectivity index is 1.35. The number of hydrogen-bond donors (Lipinski definition) is 3. The first-order valence-corrected chi connectivity index (χ1v) is 10.2. The zero-order valence-corrected chi connectivity index (χ0v) is 16.7. The summed E-state index contributed by atoms with van der Waals surface area (Å²) in [5, 5.41) is 15.9. The quantitative estimate of drug-likeness (QED) is 0.664. The molecule has 28 heavy (non-hydrogen) atoms. The van der Waals surface area contributed by atoms with E-state index in [1.165, 1.54) is 0 Å². The fourth-order valence-electron chi connectivity index (χ4n) is 4.41. The van der Waals surface area contributed by atoms with Gasteiger partial charge in [-0.2, -0.15) is 0 Å². The highest BCUT2D eigenvalue weighted by Gasteiger charge is 2.55. The standard InChI is InChI=1S/C19H26ClN5O3/c1-12-11-24(8-9-25(12)15-10-14(20)5-7-21-15)16(26)4-6-19(13-2-3-13)17(27)22-18(28)23-19/h5,7,10,12-13,18,23,28H,2-4,6,8-9,11H2,1H3,(H,22,27)/t12-,18?,19?/m0/s1. The molecule has 3 atom stereocenters. The van der Waals surface area contributed by atoms with Gasteiger partial charge in [-0.3, -0.25) is 14.9 Å². The summed E-state index contributed by atoms with van der Waals surface area (Å²) in [7, 11) is 0. The summed E-state index contributed by atoms with van der Waals surface area (Å²) in [6.07, 6.45) is 3.24. The van der Waals surface area contributed by atoms with E-state index in [4.69, 9.17) is 11.6 Å². The maximum Gasteiger partial charge on any atom is 0.243 e. The van der Waals surface area contributed by atoms with Crippen LogP contribution in [0.2, 0.25) is 5.02 Å². The lowest BCUT2D eigenvalue weighted by atomic mass is 9.87. The van der Waals surface area contributed by atoms with Crippen molar-refractivity contribution in [2.75, 3.05) is 24.5 Å². The molecule has 1 aromatic rings. The fourth-order valence-corrected chi connectivity index (χ4v) is 4.56. The Morgan fingerprint density at radius 3 is 2.82 bits per heavy atom. The summed E-state index contributed by atoms with van der Waals surface area (Å²) in [6, 6.07) is 3.70. The molecule has 8 nitrogen and oxygen atoms in total. The van der Waals surface area contributed by atoms with Crippen molar-refractivity contribution in [2.24, 2.45) is 5.92 Å². The predicted octanol–water partition coefficient (Wildman–Crippen LogP) is 0.696. The Hall–Kier alpha value is -1.90. The van der Waals surface area contributed by atoms with Gasteiger partial charge in [-0.05, 0) is 44.2 Å². The van der Waals surface area contributed by atoms with E-state index in [1.807, 2.05) is 11.0 Å². The summed E-state index contributed by atoms with van der Waals surface area (Å²) in [5.41, 5.74) is -0.812. The number of aliphatic hydroxyl groups is 1. The van der Waals surface area contributed by atoms with E-state index in [0.717, 1.165) is 18.7 Å². The third-order valence-corrected chi connectivity index (χ3v) is 6.29. The van der Waals surface area contributed by atoms with Crippen LogP contribution >= 0.6 is 11.6 Å². The van der Waals surface area contributed by atoms with E-state index in [1.54, 1.807) is 12.3 Å². The number of hydrogen-bond acceptors (Lipinski definition) is 6. The van der Waals surface area contributed by atoms with Gasteiger partial charge in [-0.1, -0.05) is 11.6 Å². The first kappa shape index (κ1) is 19.4. The number of carbonyl (C=O) groups excluding carboxylic acids is 2. The number of anilines is 1. The van der Waals surface area contributed by atoms with Crippen LogP contribution in [0.15, 0.2) is 18.3 Å². The van der Waals surface area contributed by atoms with Crippen LogP contribution in [0.25, 0.3) is 0 Å². The van der Waals surface area contributed by atoms with Crippen molar-refractivity contribution in [1.82, 2.24) is 20.5 Å². The monoisotopic (exact) mass is 407 g/mol. The molecule has 0 radical (unpaired) electrons. The number of halogens is 1. The molecule has 2 saturated heterocycles. The molecule has 1 saturated carbocycles. The first-order valence-electron chi connectivity index (χ1n) is 9.82. The molecular formula is C19H26ClN5O3. The van der Waals surface area contributed by atoms with Crippen molar-refractivity contribution in [3.8, 4) is 0 Å². The Morgan fingerprint density at radius 1 is 1.43 bits per heavy atom. The van der Waals surface area contributed by atoms with Crippen molar-refractivity contribution in [3.05, 3.63) is 23.4 Å². The van der Waals surface area contributed by atoms with E-state index >= 15 is 0 Å². The molecule has 0 bridgehead atoms. The van der Waals surface area contributed by atoms with E-state index in [9.17, 15) is 14.7 Å². The van der Waals surface area contributed by atoms with Gasteiger partial charge in [0.05, 0.1) is 0 Å². The molecule has 2 amide bonds. The number of aliphatic hydroxyl groups excluding tert-OH is 1. The maximum atomic E-state index is 12.8. The van der Waals surface area contributed by atoms with Gasteiger partial charge < -0.3 is 20.2 Å². The van der Waals surface area contributed by atoms with Gasteiger partial charge in [-0.15, -0.1) is 0 Å². The number of carbonyl (C=O) groups is 2. The average molecular weight is 408 g/mol. The van der Waals surface area contributed by atoms with Crippen LogP contribution in [-0.2, 0) is 9.59 Å². The number of piperazine rings is 1. The minimum atomic E-state index is -1.03. The molecule has 0 spiro atoms. The number of nitrogens with one attached hydrogen (secondary N) is 2. The summed E-state index contributed by atoms with van der Waals surface area (Å²) in [5.74, 6) is 0.866. The lowest BCUT2D eigenvalue weighted by molar-refractivity contribution is -0.133.